The zero-order valence-electron chi connectivity index (χ0n) is 37.3. The van der Waals surface area contributed by atoms with Crippen LogP contribution in [0, 0.1) is 65.2 Å². The van der Waals surface area contributed by atoms with E-state index in [1.54, 1.807) is 57.2 Å². The number of hydrogen-bond donors (Lipinski definition) is 0. The van der Waals surface area contributed by atoms with E-state index < -0.39 is 54.7 Å². The van der Waals surface area contributed by atoms with Crippen LogP contribution in [0.2, 0.25) is 0 Å². The Labute approximate surface area is 373 Å². The summed E-state index contributed by atoms with van der Waals surface area (Å²) in [7, 11) is 0. The van der Waals surface area contributed by atoms with Crippen LogP contribution in [-0.4, -0.2) is 54.7 Å². The second kappa shape index (κ2) is 22.0. The van der Waals surface area contributed by atoms with E-state index in [1.165, 1.54) is 0 Å². The highest BCUT2D eigenvalue weighted by atomic mass is 17.2. The number of carbonyl (C=O) groups is 6. The van der Waals surface area contributed by atoms with E-state index in [-0.39, 0.29) is 5.92 Å². The van der Waals surface area contributed by atoms with E-state index >= 15 is 0 Å². The summed E-state index contributed by atoms with van der Waals surface area (Å²) in [5, 5.41) is 0. The number of carbonyl (C=O) groups excluding carboxylic acids is 6. The third-order valence-corrected chi connectivity index (χ3v) is 13.6. The van der Waals surface area contributed by atoms with Crippen LogP contribution in [0.1, 0.15) is 142 Å². The van der Waals surface area contributed by atoms with Crippen LogP contribution in [-0.2, 0) is 43.5 Å². The molecule has 3 saturated carbocycles. The van der Waals surface area contributed by atoms with E-state index in [1.807, 2.05) is 39.0 Å². The summed E-state index contributed by atoms with van der Waals surface area (Å²) in [6.45, 7) is 11.0. The number of aryl methyl sites for hydroxylation is 3. The predicted molar refractivity (Wildman–Crippen MR) is 227 cm³/mol. The number of rotatable bonds is 9. The molecule has 0 bridgehead atoms. The largest absolute Gasteiger partial charge is 0.550 e. The summed E-state index contributed by atoms with van der Waals surface area (Å²) in [6.07, 6.45) is 3.81. The first kappa shape index (κ1) is 47.4. The summed E-state index contributed by atoms with van der Waals surface area (Å²) in [5.41, 5.74) is 5.76. The van der Waals surface area contributed by atoms with Crippen molar-refractivity contribution in [1.29, 1.82) is 0 Å². The molecule has 0 radical (unpaired) electrons. The van der Waals surface area contributed by atoms with E-state index in [4.69, 9.17) is 43.5 Å². The molecule has 0 heterocycles. The van der Waals surface area contributed by atoms with Crippen LogP contribution >= 0.6 is 0 Å². The van der Waals surface area contributed by atoms with Crippen molar-refractivity contribution in [2.45, 2.75) is 137 Å². The van der Waals surface area contributed by atoms with Gasteiger partial charge in [-0.05, 0) is 194 Å². The van der Waals surface area contributed by atoms with Crippen molar-refractivity contribution in [1.82, 2.24) is 0 Å². The Morgan fingerprint density at radius 2 is 0.625 bits per heavy atom. The van der Waals surface area contributed by atoms with Crippen molar-refractivity contribution in [3.05, 3.63) is 105 Å². The molecule has 3 aliphatic carbocycles. The molecule has 0 aromatic heterocycles. The minimum Gasteiger partial charge on any atom is -0.428 e. The molecule has 64 heavy (non-hydrogen) atoms. The lowest BCUT2D eigenvalue weighted by molar-refractivity contribution is -0.209. The van der Waals surface area contributed by atoms with E-state index in [0.717, 1.165) is 71.9 Å². The summed E-state index contributed by atoms with van der Waals surface area (Å²) in [5.74, 6) is -1.18. The van der Waals surface area contributed by atoms with Gasteiger partial charge in [-0.15, -0.1) is 0 Å². The molecule has 0 N–H and O–H groups in total. The highest BCUT2D eigenvalue weighted by Gasteiger charge is 2.42. The van der Waals surface area contributed by atoms with Crippen LogP contribution in [0.15, 0.2) is 54.6 Å². The van der Waals surface area contributed by atoms with Gasteiger partial charge in [0.1, 0.15) is 18.3 Å². The summed E-state index contributed by atoms with van der Waals surface area (Å²) >= 11 is 0. The monoisotopic (exact) mass is 886 g/mol. The second-order valence-electron chi connectivity index (χ2n) is 17.4. The molecular formula is C49H58O15. The normalized spacial score (nSPS) is 22.4. The zero-order valence-corrected chi connectivity index (χ0v) is 37.3. The van der Waals surface area contributed by atoms with Gasteiger partial charge in [0.2, 0.25) is 0 Å². The van der Waals surface area contributed by atoms with Crippen molar-refractivity contribution >= 4 is 36.4 Å². The summed E-state index contributed by atoms with van der Waals surface area (Å²) < 4.78 is 16.7. The molecule has 3 aromatic carbocycles. The third-order valence-electron chi connectivity index (χ3n) is 13.6. The highest BCUT2D eigenvalue weighted by Crippen LogP contribution is 2.48. The van der Waals surface area contributed by atoms with Gasteiger partial charge in [-0.1, -0.05) is 36.4 Å². The maximum atomic E-state index is 12.6. The minimum absolute atomic E-state index is 0.282. The fourth-order valence-corrected chi connectivity index (χ4v) is 9.66. The molecule has 0 amide bonds. The quantitative estimate of drug-likeness (QED) is 0.0854. The number of benzene rings is 3. The standard InChI is InChI=1S/C49H58O15/c1-28-10-7-13-40(31(28)4)44(50)59-62-47(53)56-37-22-16-34(17-23-37)43(35-18-24-38(25-19-35)57-48(54)63-60-45(51)41-14-8-11-29(2)32(41)5)36-20-26-39(27-21-36)58-49(55)64-61-46(52)42-15-9-12-30(3)33(42)6/h7-15,34-39,43H,16-27H2,1-6H3. The van der Waals surface area contributed by atoms with E-state index in [2.05, 4.69) is 0 Å². The first-order valence-corrected chi connectivity index (χ1v) is 22.1. The van der Waals surface area contributed by atoms with E-state index in [0.29, 0.717) is 73.0 Å². The lowest BCUT2D eigenvalue weighted by atomic mass is 9.61. The van der Waals surface area contributed by atoms with Gasteiger partial charge < -0.3 is 14.2 Å². The van der Waals surface area contributed by atoms with Crippen LogP contribution < -0.4 is 0 Å². The lowest BCUT2D eigenvalue weighted by Gasteiger charge is -2.45. The smallest absolute Gasteiger partial charge is 0.428 e. The Kier molecular flexibility index (Phi) is 16.3. The molecule has 0 atom stereocenters. The van der Waals surface area contributed by atoms with Gasteiger partial charge >= 0.3 is 36.4 Å². The van der Waals surface area contributed by atoms with Gasteiger partial charge in [0.05, 0.1) is 16.7 Å². The highest BCUT2D eigenvalue weighted by molar-refractivity contribution is 5.92. The molecule has 6 rings (SSSR count). The Bertz CT molecular complexity index is 1920. The molecule has 0 aliphatic heterocycles. The molecule has 0 unspecified atom stereocenters. The average molecular weight is 887 g/mol. The molecular weight excluding hydrogens is 829 g/mol. The van der Waals surface area contributed by atoms with Gasteiger partial charge in [-0.2, -0.15) is 14.4 Å². The maximum Gasteiger partial charge on any atom is 0.550 e. The molecule has 15 nitrogen and oxygen atoms in total. The van der Waals surface area contributed by atoms with Crippen LogP contribution in [0.4, 0.5) is 14.4 Å². The molecule has 3 aliphatic rings. The van der Waals surface area contributed by atoms with Crippen molar-refractivity contribution in [2.24, 2.45) is 23.7 Å². The minimum atomic E-state index is -1.08. The first-order chi connectivity index (χ1) is 30.7. The molecule has 0 spiro atoms. The van der Waals surface area contributed by atoms with Crippen molar-refractivity contribution in [3.63, 3.8) is 0 Å². The second-order valence-corrected chi connectivity index (χ2v) is 17.4. The number of hydrogen-bond acceptors (Lipinski definition) is 15. The Hall–Kier alpha value is -6.12. The Morgan fingerprint density at radius 3 is 0.875 bits per heavy atom. The first-order valence-electron chi connectivity index (χ1n) is 22.1. The fraction of sp³-hybridized carbons (Fsp3) is 0.510. The van der Waals surface area contributed by atoms with Crippen molar-refractivity contribution in [3.8, 4) is 0 Å². The fourth-order valence-electron chi connectivity index (χ4n) is 9.66. The number of ether oxygens (including phenoxy) is 3. The van der Waals surface area contributed by atoms with Gasteiger partial charge in [0.25, 0.3) is 0 Å². The SMILES string of the molecule is Cc1cccc(C(=O)OOC(=O)OC2CCC(C(C3CCC(OC(=O)OOC(=O)c4cccc(C)c4C)CC3)C3CCC(OC(=O)OOC(=O)c4cccc(C)c4C)CC3)CC2)c1C. The molecule has 0 saturated heterocycles. The third kappa shape index (κ3) is 12.3. The topological polar surface area (TPSA) is 185 Å². The zero-order chi connectivity index (χ0) is 45.9. The van der Waals surface area contributed by atoms with Crippen LogP contribution in [0.25, 0.3) is 0 Å². The van der Waals surface area contributed by atoms with Gasteiger partial charge in [-0.3, -0.25) is 0 Å². The Morgan fingerprint density at radius 1 is 0.375 bits per heavy atom. The molecule has 3 aromatic rings. The van der Waals surface area contributed by atoms with Crippen LogP contribution in [0.3, 0.4) is 0 Å². The lowest BCUT2D eigenvalue weighted by Crippen LogP contribution is -2.39. The summed E-state index contributed by atoms with van der Waals surface area (Å²) in [6, 6.07) is 15.6. The van der Waals surface area contributed by atoms with Crippen LogP contribution in [0.5, 0.6) is 0 Å². The Balaban J connectivity index is 1.01. The maximum absolute atomic E-state index is 12.6. The summed E-state index contributed by atoms with van der Waals surface area (Å²) in [4.78, 5) is 104. The molecule has 3 fully saturated rings. The predicted octanol–water partition coefficient (Wildman–Crippen LogP) is 10.9. The van der Waals surface area contributed by atoms with Gasteiger partial charge in [0, 0.05) is 0 Å². The van der Waals surface area contributed by atoms with Crippen molar-refractivity contribution < 1.29 is 72.3 Å². The van der Waals surface area contributed by atoms with Gasteiger partial charge in [0.15, 0.2) is 0 Å². The van der Waals surface area contributed by atoms with Gasteiger partial charge in [-0.25, -0.2) is 43.7 Å². The average Bonchev–Trinajstić information content (AvgIpc) is 3.28. The van der Waals surface area contributed by atoms with E-state index in [9.17, 15) is 28.8 Å². The molecule has 15 heteroatoms. The molecule has 344 valence electrons. The van der Waals surface area contributed by atoms with Crippen molar-refractivity contribution in [2.75, 3.05) is 0 Å².